The first-order valence-electron chi connectivity index (χ1n) is 3.15. The van der Waals surface area contributed by atoms with Crippen molar-refractivity contribution in [3.05, 3.63) is 21.3 Å². The van der Waals surface area contributed by atoms with Crippen LogP contribution in [0.4, 0.5) is 0 Å². The van der Waals surface area contributed by atoms with Crippen LogP contribution in [-0.4, -0.2) is 7.11 Å². The van der Waals surface area contributed by atoms with Gasteiger partial charge in [-0.05, 0) is 34.7 Å². The quantitative estimate of drug-likeness (QED) is 0.637. The highest BCUT2D eigenvalue weighted by Gasteiger charge is 2.05. The second-order valence-corrected chi connectivity index (χ2v) is 3.76. The van der Waals surface area contributed by atoms with E-state index in [1.807, 2.05) is 0 Å². The Bertz CT molecular complexity index is 346. The topological polar surface area (TPSA) is 33.0 Å². The third-order valence-corrected chi connectivity index (χ3v) is 3.08. The van der Waals surface area contributed by atoms with Crippen LogP contribution in [0, 0.1) is 14.9 Å². The normalized spacial score (nSPS) is 9.17. The fourth-order valence-electron chi connectivity index (χ4n) is 0.799. The van der Waals surface area contributed by atoms with Crippen LogP contribution >= 0.6 is 35.2 Å². The molecule has 0 spiro atoms. The zero-order valence-electron chi connectivity index (χ0n) is 6.34. The predicted octanol–water partition coefficient (Wildman–Crippen LogP) is 2.46. The van der Waals surface area contributed by atoms with Gasteiger partial charge in [-0.15, -0.1) is 12.6 Å². The van der Waals surface area contributed by atoms with E-state index >= 15 is 0 Å². The third kappa shape index (κ3) is 1.84. The SMILES string of the molecule is COc1cc(S)c(I)cc1C#N. The van der Waals surface area contributed by atoms with Gasteiger partial charge >= 0.3 is 0 Å². The van der Waals surface area contributed by atoms with Gasteiger partial charge in [0.15, 0.2) is 0 Å². The van der Waals surface area contributed by atoms with E-state index in [1.165, 1.54) is 7.11 Å². The van der Waals surface area contributed by atoms with E-state index in [1.54, 1.807) is 12.1 Å². The Kier molecular flexibility index (Phi) is 3.23. The van der Waals surface area contributed by atoms with Crippen molar-refractivity contribution in [2.45, 2.75) is 4.90 Å². The molecule has 0 aliphatic rings. The second kappa shape index (κ2) is 4.01. The summed E-state index contributed by atoms with van der Waals surface area (Å²) in [5.74, 6) is 0.572. The van der Waals surface area contributed by atoms with Gasteiger partial charge < -0.3 is 4.74 Å². The molecule has 0 unspecified atom stereocenters. The summed E-state index contributed by atoms with van der Waals surface area (Å²) in [5.41, 5.74) is 0.541. The molecule has 0 saturated heterocycles. The average Bonchev–Trinajstić information content (AvgIpc) is 2.09. The molecule has 0 atom stereocenters. The standard InChI is InChI=1S/C8H6INOS/c1-11-7-3-8(12)6(9)2-5(7)4-10/h2-3,12H,1H3. The molecule has 0 heterocycles. The van der Waals surface area contributed by atoms with Crippen molar-refractivity contribution < 1.29 is 4.74 Å². The van der Waals surface area contributed by atoms with Gasteiger partial charge in [-0.2, -0.15) is 5.26 Å². The first-order chi connectivity index (χ1) is 5.69. The molecule has 0 amide bonds. The lowest BCUT2D eigenvalue weighted by molar-refractivity contribution is 0.412. The molecule has 0 N–H and O–H groups in total. The summed E-state index contributed by atoms with van der Waals surface area (Å²) in [6.07, 6.45) is 0. The molecule has 12 heavy (non-hydrogen) atoms. The minimum Gasteiger partial charge on any atom is -0.495 e. The Hall–Kier alpha value is -0.410. The molecule has 0 aromatic heterocycles. The molecule has 2 nitrogen and oxygen atoms in total. The highest BCUT2D eigenvalue weighted by Crippen LogP contribution is 2.26. The molecule has 0 aliphatic carbocycles. The van der Waals surface area contributed by atoms with Crippen LogP contribution in [0.15, 0.2) is 17.0 Å². The summed E-state index contributed by atoms with van der Waals surface area (Å²) in [7, 11) is 1.54. The van der Waals surface area contributed by atoms with Gasteiger partial charge in [0, 0.05) is 8.47 Å². The highest BCUT2D eigenvalue weighted by molar-refractivity contribution is 14.1. The second-order valence-electron chi connectivity index (χ2n) is 2.12. The molecular formula is C8H6INOS. The fraction of sp³-hybridized carbons (Fsp3) is 0.125. The maximum atomic E-state index is 8.71. The molecule has 0 aliphatic heterocycles. The number of benzene rings is 1. The molecule has 62 valence electrons. The number of halogens is 1. The number of hydrogen-bond acceptors (Lipinski definition) is 3. The molecule has 1 rings (SSSR count). The summed E-state index contributed by atoms with van der Waals surface area (Å²) in [6, 6.07) is 5.54. The van der Waals surface area contributed by atoms with Crippen LogP contribution in [0.5, 0.6) is 5.75 Å². The van der Waals surface area contributed by atoms with Crippen molar-refractivity contribution in [2.24, 2.45) is 0 Å². The van der Waals surface area contributed by atoms with Gasteiger partial charge in [0.1, 0.15) is 11.8 Å². The molecular weight excluding hydrogens is 285 g/mol. The molecule has 0 radical (unpaired) electrons. The minimum atomic E-state index is 0.541. The lowest BCUT2D eigenvalue weighted by Crippen LogP contribution is -1.89. The van der Waals surface area contributed by atoms with E-state index in [-0.39, 0.29) is 0 Å². The van der Waals surface area contributed by atoms with Crippen LogP contribution in [0.1, 0.15) is 5.56 Å². The zero-order chi connectivity index (χ0) is 9.14. The van der Waals surface area contributed by atoms with Crippen molar-refractivity contribution in [3.63, 3.8) is 0 Å². The Labute approximate surface area is 90.1 Å². The molecule has 0 bridgehead atoms. The summed E-state index contributed by atoms with van der Waals surface area (Å²) < 4.78 is 5.95. The van der Waals surface area contributed by atoms with Crippen LogP contribution in [0.3, 0.4) is 0 Å². The third-order valence-electron chi connectivity index (χ3n) is 1.39. The molecule has 1 aromatic rings. The molecule has 1 aromatic carbocycles. The minimum absolute atomic E-state index is 0.541. The molecule has 4 heteroatoms. The predicted molar refractivity (Wildman–Crippen MR) is 57.7 cm³/mol. The maximum Gasteiger partial charge on any atom is 0.137 e. The number of rotatable bonds is 1. The van der Waals surface area contributed by atoms with Crippen molar-refractivity contribution in [3.8, 4) is 11.8 Å². The Morgan fingerprint density at radius 2 is 2.25 bits per heavy atom. The highest BCUT2D eigenvalue weighted by atomic mass is 127. The van der Waals surface area contributed by atoms with Gasteiger partial charge in [-0.3, -0.25) is 0 Å². The number of ether oxygens (including phenoxy) is 1. The van der Waals surface area contributed by atoms with Crippen LogP contribution < -0.4 is 4.74 Å². The molecule has 0 fully saturated rings. The van der Waals surface area contributed by atoms with E-state index < -0.39 is 0 Å². The maximum absolute atomic E-state index is 8.71. The first-order valence-corrected chi connectivity index (χ1v) is 4.68. The van der Waals surface area contributed by atoms with Gasteiger partial charge in [-0.25, -0.2) is 0 Å². The van der Waals surface area contributed by atoms with Crippen LogP contribution in [0.2, 0.25) is 0 Å². The number of nitriles is 1. The average molecular weight is 291 g/mol. The fourth-order valence-corrected chi connectivity index (χ4v) is 1.45. The van der Waals surface area contributed by atoms with Crippen LogP contribution in [-0.2, 0) is 0 Å². The monoisotopic (exact) mass is 291 g/mol. The van der Waals surface area contributed by atoms with Gasteiger partial charge in [0.05, 0.1) is 12.7 Å². The smallest absolute Gasteiger partial charge is 0.137 e. The van der Waals surface area contributed by atoms with Crippen molar-refractivity contribution >= 4 is 35.2 Å². The number of methoxy groups -OCH3 is 1. The Morgan fingerprint density at radius 3 is 2.75 bits per heavy atom. The lowest BCUT2D eigenvalue weighted by Gasteiger charge is -2.04. The summed E-state index contributed by atoms with van der Waals surface area (Å²) in [5, 5.41) is 8.71. The number of hydrogen-bond donors (Lipinski definition) is 1. The first kappa shape index (κ1) is 9.68. The van der Waals surface area contributed by atoms with Crippen molar-refractivity contribution in [2.75, 3.05) is 7.11 Å². The van der Waals surface area contributed by atoms with Gasteiger partial charge in [-0.1, -0.05) is 0 Å². The molecule has 0 saturated carbocycles. The van der Waals surface area contributed by atoms with E-state index in [9.17, 15) is 0 Å². The van der Waals surface area contributed by atoms with E-state index in [2.05, 4.69) is 41.3 Å². The summed E-state index contributed by atoms with van der Waals surface area (Å²) >= 11 is 6.33. The van der Waals surface area contributed by atoms with Gasteiger partial charge in [0.25, 0.3) is 0 Å². The van der Waals surface area contributed by atoms with E-state index in [0.29, 0.717) is 11.3 Å². The van der Waals surface area contributed by atoms with E-state index in [4.69, 9.17) is 10.00 Å². The number of nitrogens with zero attached hydrogens (tertiary/aromatic N) is 1. The lowest BCUT2D eigenvalue weighted by atomic mass is 10.2. The van der Waals surface area contributed by atoms with Crippen LogP contribution in [0.25, 0.3) is 0 Å². The number of thiol groups is 1. The van der Waals surface area contributed by atoms with Crippen molar-refractivity contribution in [1.82, 2.24) is 0 Å². The Morgan fingerprint density at radius 1 is 1.58 bits per heavy atom. The Balaban J connectivity index is 3.31. The summed E-state index contributed by atoms with van der Waals surface area (Å²) in [6.45, 7) is 0. The largest absolute Gasteiger partial charge is 0.495 e. The summed E-state index contributed by atoms with van der Waals surface area (Å²) in [4.78, 5) is 0.825. The van der Waals surface area contributed by atoms with Gasteiger partial charge in [0.2, 0.25) is 0 Å². The van der Waals surface area contributed by atoms with E-state index in [0.717, 1.165) is 8.47 Å². The zero-order valence-corrected chi connectivity index (χ0v) is 9.39. The van der Waals surface area contributed by atoms with Crippen molar-refractivity contribution in [1.29, 1.82) is 5.26 Å².